The molecular weight excluding hydrogens is 477 g/mol. The zero-order chi connectivity index (χ0) is 23.6. The van der Waals surface area contributed by atoms with Gasteiger partial charge in [0.05, 0.1) is 26.5 Å². The Labute approximate surface area is 195 Å². The molecule has 2 amide bonds. The highest BCUT2D eigenvalue weighted by molar-refractivity contribution is 7.89. The third-order valence-electron chi connectivity index (χ3n) is 4.79. The topological polar surface area (TPSA) is 113 Å². The van der Waals surface area contributed by atoms with E-state index >= 15 is 0 Å². The number of halogens is 2. The average molecular weight is 498 g/mol. The number of aromatic nitrogens is 2. The van der Waals surface area contributed by atoms with E-state index in [1.54, 1.807) is 23.7 Å². The first-order chi connectivity index (χ1) is 15.0. The lowest BCUT2D eigenvalue weighted by Crippen LogP contribution is -2.41. The van der Waals surface area contributed by atoms with Gasteiger partial charge in [-0.15, -0.1) is 0 Å². The smallest absolute Gasteiger partial charge is 0.271 e. The lowest BCUT2D eigenvalue weighted by Gasteiger charge is -2.11. The van der Waals surface area contributed by atoms with E-state index in [9.17, 15) is 18.0 Å². The first-order valence-corrected chi connectivity index (χ1v) is 11.6. The summed E-state index contributed by atoms with van der Waals surface area (Å²) >= 11 is 11.8. The molecule has 0 saturated carbocycles. The molecule has 3 rings (SSSR count). The van der Waals surface area contributed by atoms with Gasteiger partial charge in [-0.1, -0.05) is 23.2 Å². The second-order valence-corrected chi connectivity index (χ2v) is 10.1. The number of benzene rings is 2. The Bertz CT molecular complexity index is 1300. The molecule has 3 aromatic rings. The molecule has 1 aromatic heterocycles. The van der Waals surface area contributed by atoms with Crippen molar-refractivity contribution in [2.45, 2.75) is 17.7 Å². The van der Waals surface area contributed by atoms with Crippen molar-refractivity contribution in [1.82, 2.24) is 24.7 Å². The minimum absolute atomic E-state index is 0.0452. The first-order valence-electron chi connectivity index (χ1n) is 9.43. The van der Waals surface area contributed by atoms with E-state index in [1.165, 1.54) is 38.4 Å². The van der Waals surface area contributed by atoms with Gasteiger partial charge in [0.2, 0.25) is 15.9 Å². The van der Waals surface area contributed by atoms with Crippen LogP contribution in [0.25, 0.3) is 11.0 Å². The Hall–Kier alpha value is -2.66. The SMILES string of the molecule is CN(C)S(=O)(=O)c1ccc2c(c1)nc(CCC(=O)NNC(=O)c1cc(Cl)ccc1Cl)n2C. The van der Waals surface area contributed by atoms with E-state index in [0.29, 0.717) is 16.4 Å². The number of aryl methyl sites for hydroxylation is 2. The van der Waals surface area contributed by atoms with Crippen molar-refractivity contribution in [2.24, 2.45) is 7.05 Å². The highest BCUT2D eigenvalue weighted by atomic mass is 35.5. The van der Waals surface area contributed by atoms with Gasteiger partial charge in [0.1, 0.15) is 5.82 Å². The Kier molecular flexibility index (Phi) is 7.09. The first kappa shape index (κ1) is 24.0. The molecule has 0 radical (unpaired) electrons. The molecule has 0 spiro atoms. The molecule has 2 aromatic carbocycles. The van der Waals surface area contributed by atoms with Gasteiger partial charge in [0.25, 0.3) is 5.91 Å². The summed E-state index contributed by atoms with van der Waals surface area (Å²) in [4.78, 5) is 29.0. The molecule has 1 heterocycles. The third kappa shape index (κ3) is 5.04. The standard InChI is InChI=1S/C20H21Cl2N5O4S/c1-26(2)32(30,31)13-5-7-17-16(11-13)23-18(27(17)3)8-9-19(28)24-25-20(29)14-10-12(21)4-6-15(14)22/h4-7,10-11H,8-9H2,1-3H3,(H,24,28)(H,25,29). The summed E-state index contributed by atoms with van der Waals surface area (Å²) in [6, 6.07) is 9.14. The van der Waals surface area contributed by atoms with Crippen LogP contribution in [-0.2, 0) is 28.3 Å². The van der Waals surface area contributed by atoms with Gasteiger partial charge in [0, 0.05) is 39.0 Å². The van der Waals surface area contributed by atoms with Crippen LogP contribution in [-0.4, -0.2) is 48.2 Å². The number of imidazole rings is 1. The average Bonchev–Trinajstić information content (AvgIpc) is 3.07. The highest BCUT2D eigenvalue weighted by Gasteiger charge is 2.19. The number of sulfonamides is 1. The van der Waals surface area contributed by atoms with Crippen molar-refractivity contribution in [3.8, 4) is 0 Å². The third-order valence-corrected chi connectivity index (χ3v) is 7.16. The number of nitrogens with one attached hydrogen (secondary N) is 2. The summed E-state index contributed by atoms with van der Waals surface area (Å²) in [6.45, 7) is 0. The number of carbonyl (C=O) groups excluding carboxylic acids is 2. The molecule has 0 bridgehead atoms. The molecule has 170 valence electrons. The molecule has 0 saturated heterocycles. The van der Waals surface area contributed by atoms with Gasteiger partial charge in [-0.25, -0.2) is 17.7 Å². The van der Waals surface area contributed by atoms with Crippen LogP contribution in [0.4, 0.5) is 0 Å². The summed E-state index contributed by atoms with van der Waals surface area (Å²) in [5.41, 5.74) is 6.01. The minimum Gasteiger partial charge on any atom is -0.331 e. The van der Waals surface area contributed by atoms with Crippen LogP contribution in [0.15, 0.2) is 41.3 Å². The van der Waals surface area contributed by atoms with Crippen molar-refractivity contribution in [3.63, 3.8) is 0 Å². The fraction of sp³-hybridized carbons (Fsp3) is 0.250. The van der Waals surface area contributed by atoms with Crippen molar-refractivity contribution >= 4 is 56.1 Å². The number of rotatable bonds is 6. The maximum absolute atomic E-state index is 12.3. The molecule has 0 unspecified atom stereocenters. The maximum atomic E-state index is 12.3. The van der Waals surface area contributed by atoms with E-state index in [1.807, 2.05) is 0 Å². The maximum Gasteiger partial charge on any atom is 0.271 e. The number of amides is 2. The molecule has 2 N–H and O–H groups in total. The number of nitrogens with zero attached hydrogens (tertiary/aromatic N) is 3. The predicted molar refractivity (Wildman–Crippen MR) is 122 cm³/mol. The van der Waals surface area contributed by atoms with Gasteiger partial charge in [-0.2, -0.15) is 0 Å². The fourth-order valence-corrected chi connectivity index (χ4v) is 4.28. The monoisotopic (exact) mass is 497 g/mol. The van der Waals surface area contributed by atoms with Crippen molar-refractivity contribution in [2.75, 3.05) is 14.1 Å². The molecule has 0 aliphatic heterocycles. The van der Waals surface area contributed by atoms with Crippen LogP contribution in [0.1, 0.15) is 22.6 Å². The lowest BCUT2D eigenvalue weighted by molar-refractivity contribution is -0.121. The van der Waals surface area contributed by atoms with Crippen LogP contribution < -0.4 is 10.9 Å². The number of hydrogen-bond acceptors (Lipinski definition) is 5. The molecule has 32 heavy (non-hydrogen) atoms. The molecule has 9 nitrogen and oxygen atoms in total. The van der Waals surface area contributed by atoms with Crippen molar-refractivity contribution < 1.29 is 18.0 Å². The zero-order valence-electron chi connectivity index (χ0n) is 17.5. The predicted octanol–water partition coefficient (Wildman–Crippen LogP) is 2.52. The molecule has 0 aliphatic carbocycles. The van der Waals surface area contributed by atoms with Gasteiger partial charge in [-0.05, 0) is 36.4 Å². The van der Waals surface area contributed by atoms with Gasteiger partial charge < -0.3 is 4.57 Å². The summed E-state index contributed by atoms with van der Waals surface area (Å²) in [6.07, 6.45) is 0.324. The summed E-state index contributed by atoms with van der Waals surface area (Å²) in [5.74, 6) is -0.429. The summed E-state index contributed by atoms with van der Waals surface area (Å²) in [7, 11) is 1.12. The fourth-order valence-electron chi connectivity index (χ4n) is 2.98. The molecule has 0 fully saturated rings. The van der Waals surface area contributed by atoms with E-state index in [2.05, 4.69) is 15.8 Å². The number of hydrogen-bond donors (Lipinski definition) is 2. The van der Waals surface area contributed by atoms with Gasteiger partial charge >= 0.3 is 0 Å². The Morgan fingerprint density at radius 3 is 2.50 bits per heavy atom. The van der Waals surface area contributed by atoms with Crippen LogP contribution in [0, 0.1) is 0 Å². The van der Waals surface area contributed by atoms with Crippen LogP contribution >= 0.6 is 23.2 Å². The molecule has 0 atom stereocenters. The van der Waals surface area contributed by atoms with Gasteiger partial charge in [0.15, 0.2) is 0 Å². The van der Waals surface area contributed by atoms with Crippen LogP contribution in [0.3, 0.4) is 0 Å². The molecule has 0 aliphatic rings. The van der Waals surface area contributed by atoms with Crippen LogP contribution in [0.5, 0.6) is 0 Å². The van der Waals surface area contributed by atoms with E-state index < -0.39 is 21.8 Å². The van der Waals surface area contributed by atoms with Crippen molar-refractivity contribution in [1.29, 1.82) is 0 Å². The second-order valence-electron chi connectivity index (χ2n) is 7.15. The second kappa shape index (κ2) is 9.45. The highest BCUT2D eigenvalue weighted by Crippen LogP contribution is 2.22. The number of carbonyl (C=O) groups is 2. The van der Waals surface area contributed by atoms with Crippen LogP contribution in [0.2, 0.25) is 10.0 Å². The van der Waals surface area contributed by atoms with Crippen molar-refractivity contribution in [3.05, 3.63) is 57.8 Å². The summed E-state index contributed by atoms with van der Waals surface area (Å²) < 4.78 is 27.6. The van der Waals surface area contributed by atoms with E-state index in [-0.39, 0.29) is 28.3 Å². The van der Waals surface area contributed by atoms with Gasteiger partial charge in [-0.3, -0.25) is 20.4 Å². The largest absolute Gasteiger partial charge is 0.331 e. The minimum atomic E-state index is -3.58. The summed E-state index contributed by atoms with van der Waals surface area (Å²) in [5, 5.41) is 0.547. The number of fused-ring (bicyclic) bond motifs is 1. The van der Waals surface area contributed by atoms with E-state index in [0.717, 1.165) is 9.82 Å². The Morgan fingerprint density at radius 1 is 1.09 bits per heavy atom. The Balaban J connectivity index is 1.65. The lowest BCUT2D eigenvalue weighted by atomic mass is 10.2. The Morgan fingerprint density at radius 2 is 1.81 bits per heavy atom. The zero-order valence-corrected chi connectivity index (χ0v) is 19.8. The quantitative estimate of drug-likeness (QED) is 0.508. The van der Waals surface area contributed by atoms with E-state index in [4.69, 9.17) is 23.2 Å². The molecular formula is C20H21Cl2N5O4S. The normalized spacial score (nSPS) is 11.7. The number of hydrazine groups is 1. The molecule has 12 heteroatoms.